The average Bonchev–Trinajstić information content (AvgIpc) is 2.28. The summed E-state index contributed by atoms with van der Waals surface area (Å²) < 4.78 is 6.59. The first kappa shape index (κ1) is 18.7. The predicted molar refractivity (Wildman–Crippen MR) is 88.8 cm³/mol. The van der Waals surface area contributed by atoms with E-state index >= 15 is 0 Å². The standard InChI is InChI=1S/C17H34OSi/c1-9-10-11-12-17(8)13-18-19(14(2)3,15(4)5)16(6)7/h1,14-17H,10-13H2,2-8H3/t17-/m0/s1. The highest BCUT2D eigenvalue weighted by molar-refractivity contribution is 6.77. The van der Waals surface area contributed by atoms with E-state index in [0.29, 0.717) is 22.5 Å². The second kappa shape index (κ2) is 8.82. The summed E-state index contributed by atoms with van der Waals surface area (Å²) in [7, 11) is -1.68. The molecule has 0 aliphatic carbocycles. The molecule has 0 unspecified atom stereocenters. The fourth-order valence-corrected chi connectivity index (χ4v) is 9.00. The van der Waals surface area contributed by atoms with E-state index in [1.54, 1.807) is 0 Å². The molecule has 0 aromatic rings. The lowest BCUT2D eigenvalue weighted by atomic mass is 10.1. The van der Waals surface area contributed by atoms with Crippen molar-refractivity contribution in [3.63, 3.8) is 0 Å². The molecule has 0 bridgehead atoms. The van der Waals surface area contributed by atoms with Crippen LogP contribution in [0.5, 0.6) is 0 Å². The van der Waals surface area contributed by atoms with Gasteiger partial charge in [-0.1, -0.05) is 48.5 Å². The zero-order valence-electron chi connectivity index (χ0n) is 14.1. The van der Waals surface area contributed by atoms with Gasteiger partial charge in [0.05, 0.1) is 0 Å². The van der Waals surface area contributed by atoms with Crippen LogP contribution in [0.1, 0.15) is 67.7 Å². The van der Waals surface area contributed by atoms with Crippen molar-refractivity contribution in [2.45, 2.75) is 84.4 Å². The topological polar surface area (TPSA) is 9.23 Å². The number of terminal acetylenes is 1. The third kappa shape index (κ3) is 5.32. The lowest BCUT2D eigenvalue weighted by Crippen LogP contribution is -2.48. The van der Waals surface area contributed by atoms with Gasteiger partial charge in [0.2, 0.25) is 0 Å². The van der Waals surface area contributed by atoms with E-state index in [1.165, 1.54) is 6.42 Å². The van der Waals surface area contributed by atoms with E-state index in [-0.39, 0.29) is 0 Å². The maximum Gasteiger partial charge on any atom is 0.200 e. The van der Waals surface area contributed by atoms with Crippen LogP contribution in [-0.2, 0) is 4.43 Å². The molecule has 0 amide bonds. The van der Waals surface area contributed by atoms with Gasteiger partial charge in [0, 0.05) is 13.0 Å². The lowest BCUT2D eigenvalue weighted by Gasteiger charge is -2.42. The monoisotopic (exact) mass is 282 g/mol. The maximum atomic E-state index is 6.59. The third-order valence-corrected chi connectivity index (χ3v) is 10.4. The Bertz CT molecular complexity index is 254. The van der Waals surface area contributed by atoms with Crippen molar-refractivity contribution in [3.8, 4) is 12.3 Å². The summed E-state index contributed by atoms with van der Waals surface area (Å²) in [6.45, 7) is 17.3. The first-order valence-electron chi connectivity index (χ1n) is 7.86. The van der Waals surface area contributed by atoms with Crippen molar-refractivity contribution in [2.24, 2.45) is 5.92 Å². The van der Waals surface area contributed by atoms with Crippen LogP contribution < -0.4 is 0 Å². The second-order valence-electron chi connectivity index (χ2n) is 6.83. The Balaban J connectivity index is 4.55. The zero-order chi connectivity index (χ0) is 15.1. The van der Waals surface area contributed by atoms with E-state index in [1.807, 2.05) is 0 Å². The van der Waals surface area contributed by atoms with Crippen LogP contribution in [0.2, 0.25) is 16.6 Å². The summed E-state index contributed by atoms with van der Waals surface area (Å²) in [5.41, 5.74) is 2.02. The minimum Gasteiger partial charge on any atom is -0.416 e. The summed E-state index contributed by atoms with van der Waals surface area (Å²) in [4.78, 5) is 0. The summed E-state index contributed by atoms with van der Waals surface area (Å²) in [6.07, 6.45) is 8.51. The lowest BCUT2D eigenvalue weighted by molar-refractivity contribution is 0.222. The van der Waals surface area contributed by atoms with E-state index < -0.39 is 8.32 Å². The van der Waals surface area contributed by atoms with Crippen LogP contribution in [0.25, 0.3) is 0 Å². The SMILES string of the molecule is C#CCCC[C@H](C)CO[Si](C(C)C)(C(C)C)C(C)C. The number of rotatable bonds is 9. The molecule has 1 atom stereocenters. The molecule has 0 heterocycles. The van der Waals surface area contributed by atoms with Gasteiger partial charge in [0.25, 0.3) is 0 Å². The third-order valence-electron chi connectivity index (χ3n) is 4.34. The number of hydrogen-bond acceptors (Lipinski definition) is 1. The molecule has 0 spiro atoms. The first-order chi connectivity index (χ1) is 8.78. The van der Waals surface area contributed by atoms with Crippen LogP contribution in [0.3, 0.4) is 0 Å². The van der Waals surface area contributed by atoms with Gasteiger partial charge in [-0.2, -0.15) is 0 Å². The smallest absolute Gasteiger partial charge is 0.200 e. The van der Waals surface area contributed by atoms with Crippen LogP contribution in [0.15, 0.2) is 0 Å². The molecule has 0 aromatic heterocycles. The molecule has 0 saturated heterocycles. The molecule has 0 fully saturated rings. The minimum absolute atomic E-state index is 0.622. The van der Waals surface area contributed by atoms with E-state index in [2.05, 4.69) is 54.4 Å². The maximum absolute atomic E-state index is 6.59. The molecular formula is C17H34OSi. The van der Waals surface area contributed by atoms with Crippen LogP contribution in [0, 0.1) is 18.3 Å². The predicted octanol–water partition coefficient (Wildman–Crippen LogP) is 5.62. The Labute approximate surface area is 122 Å². The summed E-state index contributed by atoms with van der Waals surface area (Å²) in [5.74, 6) is 3.34. The van der Waals surface area contributed by atoms with Crippen molar-refractivity contribution < 1.29 is 4.43 Å². The molecule has 0 N–H and O–H groups in total. The van der Waals surface area contributed by atoms with E-state index in [0.717, 1.165) is 19.4 Å². The molecule has 0 aliphatic rings. The quantitative estimate of drug-likeness (QED) is 0.303. The highest BCUT2D eigenvalue weighted by Crippen LogP contribution is 2.42. The molecule has 1 nitrogen and oxygen atoms in total. The first-order valence-corrected chi connectivity index (χ1v) is 10.00. The van der Waals surface area contributed by atoms with Gasteiger partial charge in [0.15, 0.2) is 8.32 Å². The molecule has 0 radical (unpaired) electrons. The van der Waals surface area contributed by atoms with Crippen molar-refractivity contribution in [3.05, 3.63) is 0 Å². The van der Waals surface area contributed by atoms with Crippen molar-refractivity contribution in [1.82, 2.24) is 0 Å². The highest BCUT2D eigenvalue weighted by Gasteiger charge is 2.45. The van der Waals surface area contributed by atoms with E-state index in [9.17, 15) is 0 Å². The summed E-state index contributed by atoms with van der Waals surface area (Å²) >= 11 is 0. The van der Waals surface area contributed by atoms with Crippen molar-refractivity contribution >= 4 is 8.32 Å². The van der Waals surface area contributed by atoms with Crippen LogP contribution >= 0.6 is 0 Å². The number of unbranched alkanes of at least 4 members (excludes halogenated alkanes) is 1. The summed E-state index contributed by atoms with van der Waals surface area (Å²) in [5, 5.41) is 0. The van der Waals surface area contributed by atoms with Crippen LogP contribution in [-0.4, -0.2) is 14.9 Å². The molecule has 0 aromatic carbocycles. The van der Waals surface area contributed by atoms with Gasteiger partial charge in [-0.25, -0.2) is 0 Å². The van der Waals surface area contributed by atoms with Gasteiger partial charge >= 0.3 is 0 Å². The Morgan fingerprint density at radius 2 is 1.42 bits per heavy atom. The fraction of sp³-hybridized carbons (Fsp3) is 0.882. The minimum atomic E-state index is -1.68. The molecular weight excluding hydrogens is 248 g/mol. The Kier molecular flexibility index (Phi) is 8.70. The Hall–Kier alpha value is -0.263. The van der Waals surface area contributed by atoms with E-state index in [4.69, 9.17) is 10.8 Å². The van der Waals surface area contributed by atoms with Gasteiger partial charge in [0.1, 0.15) is 0 Å². The molecule has 19 heavy (non-hydrogen) atoms. The van der Waals surface area contributed by atoms with Gasteiger partial charge in [-0.15, -0.1) is 12.3 Å². The van der Waals surface area contributed by atoms with Gasteiger partial charge < -0.3 is 4.43 Å². The fourth-order valence-electron chi connectivity index (χ4n) is 3.42. The van der Waals surface area contributed by atoms with Gasteiger partial charge in [-0.05, 0) is 35.4 Å². The van der Waals surface area contributed by atoms with Crippen LogP contribution in [0.4, 0.5) is 0 Å². The zero-order valence-corrected chi connectivity index (χ0v) is 15.1. The average molecular weight is 283 g/mol. The highest BCUT2D eigenvalue weighted by atomic mass is 28.4. The molecule has 0 rings (SSSR count). The normalized spacial score (nSPS) is 14.2. The Morgan fingerprint density at radius 3 is 1.79 bits per heavy atom. The number of hydrogen-bond donors (Lipinski definition) is 0. The molecule has 112 valence electrons. The van der Waals surface area contributed by atoms with Crippen molar-refractivity contribution in [2.75, 3.05) is 6.61 Å². The van der Waals surface area contributed by atoms with Crippen molar-refractivity contribution in [1.29, 1.82) is 0 Å². The largest absolute Gasteiger partial charge is 0.416 e. The molecule has 2 heteroatoms. The molecule has 0 aliphatic heterocycles. The summed E-state index contributed by atoms with van der Waals surface area (Å²) in [6, 6.07) is 0. The molecule has 0 saturated carbocycles. The Morgan fingerprint density at radius 1 is 0.947 bits per heavy atom. The van der Waals surface area contributed by atoms with Gasteiger partial charge in [-0.3, -0.25) is 0 Å². The second-order valence-corrected chi connectivity index (χ2v) is 12.3.